The SMILES string of the molecule is CCc1ccc(S(=O)(=O)NCCC2OCCO2)s1. The second kappa shape index (κ2) is 6.12. The molecule has 7 heteroatoms. The van der Waals surface area contributed by atoms with Crippen molar-refractivity contribution >= 4 is 21.4 Å². The molecule has 1 fully saturated rings. The number of nitrogens with one attached hydrogen (secondary N) is 1. The van der Waals surface area contributed by atoms with Crippen molar-refractivity contribution < 1.29 is 17.9 Å². The maximum atomic E-state index is 12.0. The number of hydrogen-bond donors (Lipinski definition) is 1. The Morgan fingerprint density at radius 3 is 2.72 bits per heavy atom. The normalized spacial score (nSPS) is 17.4. The van der Waals surface area contributed by atoms with E-state index in [1.807, 2.05) is 13.0 Å². The Labute approximate surface area is 111 Å². The van der Waals surface area contributed by atoms with Crippen molar-refractivity contribution in [3.05, 3.63) is 17.0 Å². The topological polar surface area (TPSA) is 64.6 Å². The molecule has 0 radical (unpaired) electrons. The molecule has 2 heterocycles. The first-order valence-corrected chi connectivity index (χ1v) is 8.23. The summed E-state index contributed by atoms with van der Waals surface area (Å²) in [5.74, 6) is 0. The third-order valence-electron chi connectivity index (χ3n) is 2.61. The third kappa shape index (κ3) is 3.52. The van der Waals surface area contributed by atoms with Crippen molar-refractivity contribution in [1.29, 1.82) is 0 Å². The fourth-order valence-electron chi connectivity index (χ4n) is 1.65. The molecule has 0 aromatic carbocycles. The molecular weight excluding hydrogens is 274 g/mol. The first-order chi connectivity index (χ1) is 8.62. The van der Waals surface area contributed by atoms with Gasteiger partial charge in [0, 0.05) is 17.8 Å². The second-order valence-corrected chi connectivity index (χ2v) is 7.09. The van der Waals surface area contributed by atoms with E-state index in [0.29, 0.717) is 30.4 Å². The lowest BCUT2D eigenvalue weighted by atomic mass is 10.4. The molecule has 0 aliphatic carbocycles. The molecule has 0 atom stereocenters. The van der Waals surface area contributed by atoms with Crippen LogP contribution in [0.2, 0.25) is 0 Å². The Morgan fingerprint density at radius 1 is 1.39 bits per heavy atom. The van der Waals surface area contributed by atoms with E-state index in [2.05, 4.69) is 4.72 Å². The van der Waals surface area contributed by atoms with Crippen LogP contribution in [0.3, 0.4) is 0 Å². The zero-order valence-electron chi connectivity index (χ0n) is 10.2. The highest BCUT2D eigenvalue weighted by molar-refractivity contribution is 7.91. The van der Waals surface area contributed by atoms with E-state index in [0.717, 1.165) is 11.3 Å². The minimum Gasteiger partial charge on any atom is -0.350 e. The Bertz CT molecular complexity index is 477. The van der Waals surface area contributed by atoms with Crippen molar-refractivity contribution in [2.24, 2.45) is 0 Å². The lowest BCUT2D eigenvalue weighted by Gasteiger charge is -2.09. The predicted octanol–water partition coefficient (Wildman–Crippen LogP) is 1.35. The molecule has 0 saturated carbocycles. The molecule has 1 aromatic rings. The van der Waals surface area contributed by atoms with E-state index in [1.54, 1.807) is 6.07 Å². The lowest BCUT2D eigenvalue weighted by molar-refractivity contribution is -0.0451. The van der Waals surface area contributed by atoms with E-state index in [-0.39, 0.29) is 6.29 Å². The Kier molecular flexibility index (Phi) is 4.74. The molecule has 2 rings (SSSR count). The predicted molar refractivity (Wildman–Crippen MR) is 69.2 cm³/mol. The van der Waals surface area contributed by atoms with E-state index in [9.17, 15) is 8.42 Å². The average molecular weight is 291 g/mol. The molecular formula is C11H17NO4S2. The summed E-state index contributed by atoms with van der Waals surface area (Å²) >= 11 is 1.31. The van der Waals surface area contributed by atoms with Crippen LogP contribution in [0, 0.1) is 0 Å². The first-order valence-electron chi connectivity index (χ1n) is 5.93. The van der Waals surface area contributed by atoms with Crippen LogP contribution in [0.4, 0.5) is 0 Å². The molecule has 18 heavy (non-hydrogen) atoms. The van der Waals surface area contributed by atoms with Gasteiger partial charge in [0.05, 0.1) is 13.2 Å². The molecule has 0 amide bonds. The second-order valence-electron chi connectivity index (χ2n) is 3.93. The van der Waals surface area contributed by atoms with Crippen LogP contribution in [0.5, 0.6) is 0 Å². The monoisotopic (exact) mass is 291 g/mol. The lowest BCUT2D eigenvalue weighted by Crippen LogP contribution is -2.27. The summed E-state index contributed by atoms with van der Waals surface area (Å²) in [5, 5.41) is 0. The Hall–Kier alpha value is -0.470. The Balaban J connectivity index is 1.86. The quantitative estimate of drug-likeness (QED) is 0.859. The van der Waals surface area contributed by atoms with Gasteiger partial charge in [0.25, 0.3) is 0 Å². The summed E-state index contributed by atoms with van der Waals surface area (Å²) in [6.07, 6.45) is 1.11. The zero-order valence-corrected chi connectivity index (χ0v) is 11.9. The van der Waals surface area contributed by atoms with E-state index in [4.69, 9.17) is 9.47 Å². The van der Waals surface area contributed by atoms with Gasteiger partial charge < -0.3 is 9.47 Å². The highest BCUT2D eigenvalue weighted by Crippen LogP contribution is 2.21. The van der Waals surface area contributed by atoms with E-state index in [1.165, 1.54) is 11.3 Å². The van der Waals surface area contributed by atoms with Gasteiger partial charge in [0.2, 0.25) is 10.0 Å². The van der Waals surface area contributed by atoms with Crippen LogP contribution in [0.15, 0.2) is 16.3 Å². The fourth-order valence-corrected chi connectivity index (χ4v) is 4.04. The number of hydrogen-bond acceptors (Lipinski definition) is 5. The maximum Gasteiger partial charge on any atom is 0.250 e. The van der Waals surface area contributed by atoms with Crippen LogP contribution >= 0.6 is 11.3 Å². The zero-order chi connectivity index (χ0) is 13.0. The van der Waals surface area contributed by atoms with Crippen LogP contribution in [0.25, 0.3) is 0 Å². The summed E-state index contributed by atoms with van der Waals surface area (Å²) in [7, 11) is -3.38. The van der Waals surface area contributed by atoms with Gasteiger partial charge in [0.15, 0.2) is 6.29 Å². The molecule has 1 aliphatic heterocycles. The van der Waals surface area contributed by atoms with Gasteiger partial charge >= 0.3 is 0 Å². The first kappa shape index (κ1) is 14.0. The summed E-state index contributed by atoms with van der Waals surface area (Å²) in [4.78, 5) is 1.07. The molecule has 5 nitrogen and oxygen atoms in total. The van der Waals surface area contributed by atoms with Gasteiger partial charge in [-0.2, -0.15) is 0 Å². The summed E-state index contributed by atoms with van der Waals surface area (Å²) < 4.78 is 37.3. The van der Waals surface area contributed by atoms with E-state index < -0.39 is 10.0 Å². The Morgan fingerprint density at radius 2 is 2.11 bits per heavy atom. The number of aryl methyl sites for hydroxylation is 1. The van der Waals surface area contributed by atoms with Crippen LogP contribution in [0.1, 0.15) is 18.2 Å². The smallest absolute Gasteiger partial charge is 0.250 e. The third-order valence-corrected chi connectivity index (χ3v) is 5.80. The van der Waals surface area contributed by atoms with Gasteiger partial charge in [-0.15, -0.1) is 11.3 Å². The van der Waals surface area contributed by atoms with Gasteiger partial charge in [-0.1, -0.05) is 6.92 Å². The van der Waals surface area contributed by atoms with Crippen LogP contribution < -0.4 is 4.72 Å². The van der Waals surface area contributed by atoms with Crippen molar-refractivity contribution in [1.82, 2.24) is 4.72 Å². The number of rotatable bonds is 6. The summed E-state index contributed by atoms with van der Waals surface area (Å²) in [6, 6.07) is 3.50. The van der Waals surface area contributed by atoms with E-state index >= 15 is 0 Å². The molecule has 1 saturated heterocycles. The minimum atomic E-state index is -3.38. The summed E-state index contributed by atoms with van der Waals surface area (Å²) in [6.45, 7) is 3.50. The summed E-state index contributed by atoms with van der Waals surface area (Å²) in [5.41, 5.74) is 0. The van der Waals surface area contributed by atoms with Crippen LogP contribution in [-0.2, 0) is 25.9 Å². The van der Waals surface area contributed by atoms with Crippen LogP contribution in [-0.4, -0.2) is 34.5 Å². The maximum absolute atomic E-state index is 12.0. The van der Waals surface area contributed by atoms with Crippen molar-refractivity contribution in [3.63, 3.8) is 0 Å². The van der Waals surface area contributed by atoms with Crippen molar-refractivity contribution in [3.8, 4) is 0 Å². The number of ether oxygens (including phenoxy) is 2. The van der Waals surface area contributed by atoms with Gasteiger partial charge in [-0.05, 0) is 18.6 Å². The standard InChI is InChI=1S/C11H17NO4S2/c1-2-9-3-4-11(17-9)18(13,14)12-6-5-10-15-7-8-16-10/h3-4,10,12H,2,5-8H2,1H3. The molecule has 1 aliphatic rings. The highest BCUT2D eigenvalue weighted by atomic mass is 32.2. The molecule has 0 spiro atoms. The van der Waals surface area contributed by atoms with Gasteiger partial charge in [-0.25, -0.2) is 13.1 Å². The van der Waals surface area contributed by atoms with Crippen molar-refractivity contribution in [2.45, 2.75) is 30.3 Å². The largest absolute Gasteiger partial charge is 0.350 e. The molecule has 102 valence electrons. The molecule has 0 bridgehead atoms. The minimum absolute atomic E-state index is 0.276. The highest BCUT2D eigenvalue weighted by Gasteiger charge is 2.19. The van der Waals surface area contributed by atoms with Gasteiger partial charge in [0.1, 0.15) is 4.21 Å². The van der Waals surface area contributed by atoms with Gasteiger partial charge in [-0.3, -0.25) is 0 Å². The fraction of sp³-hybridized carbons (Fsp3) is 0.636. The van der Waals surface area contributed by atoms with Crippen molar-refractivity contribution in [2.75, 3.05) is 19.8 Å². The average Bonchev–Trinajstić information content (AvgIpc) is 2.99. The molecule has 1 N–H and O–H groups in total. The number of sulfonamides is 1. The number of thiophene rings is 1. The molecule has 1 aromatic heterocycles. The molecule has 0 unspecified atom stereocenters.